The Morgan fingerprint density at radius 3 is 2.67 bits per heavy atom. The molecule has 2 atom stereocenters. The average Bonchev–Trinajstić information content (AvgIpc) is 3.33. The molecule has 9 heteroatoms. The van der Waals surface area contributed by atoms with E-state index in [2.05, 4.69) is 47.4 Å². The Balaban J connectivity index is 1.30. The predicted octanol–water partition coefficient (Wildman–Crippen LogP) is 5.23. The number of hydrogen-bond donors (Lipinski definition) is 3. The van der Waals surface area contributed by atoms with Crippen molar-refractivity contribution < 1.29 is 9.59 Å². The maximum atomic E-state index is 13.3. The highest BCUT2D eigenvalue weighted by Gasteiger charge is 2.30. The molecule has 0 saturated heterocycles. The summed E-state index contributed by atoms with van der Waals surface area (Å²) in [6.07, 6.45) is 6.14. The Morgan fingerprint density at radius 1 is 1.13 bits per heavy atom. The van der Waals surface area contributed by atoms with Crippen molar-refractivity contribution in [3.8, 4) is 0 Å². The van der Waals surface area contributed by atoms with Gasteiger partial charge in [0, 0.05) is 29.5 Å². The number of nitrogens with zero attached hydrogens (tertiary/aromatic N) is 3. The predicted molar refractivity (Wildman–Crippen MR) is 155 cm³/mol. The summed E-state index contributed by atoms with van der Waals surface area (Å²) in [5, 5.41) is 6.90. The first-order valence-corrected chi connectivity index (χ1v) is 14.1. The monoisotopic (exact) mass is 542 g/mol. The maximum Gasteiger partial charge on any atom is 0.275 e. The number of fused-ring (bicyclic) bond motifs is 2. The van der Waals surface area contributed by atoms with Gasteiger partial charge in [-0.25, -0.2) is 9.97 Å². The number of nitrogens with two attached hydrogens (primary N) is 1. The van der Waals surface area contributed by atoms with Crippen molar-refractivity contribution in [2.24, 2.45) is 17.1 Å². The van der Waals surface area contributed by atoms with Gasteiger partial charge in [-0.2, -0.15) is 0 Å². The van der Waals surface area contributed by atoms with E-state index in [-0.39, 0.29) is 29.5 Å². The molecule has 5 rings (SSSR count). The SMILES string of the molecule is Cc1cnc(C(=O)Nc2cccc([C@@H](CN)NC(=O)c3cc4cc5c(nc4s3)CC[C@@H](C(C)(C)C)C5)c2)cn1. The third kappa shape index (κ3) is 5.99. The topological polar surface area (TPSA) is 123 Å². The molecule has 1 aliphatic carbocycles. The van der Waals surface area contributed by atoms with E-state index in [1.165, 1.54) is 23.1 Å². The van der Waals surface area contributed by atoms with Crippen LogP contribution < -0.4 is 16.4 Å². The number of hydrogen-bond acceptors (Lipinski definition) is 7. The molecule has 0 saturated carbocycles. The lowest BCUT2D eigenvalue weighted by Gasteiger charge is -2.34. The van der Waals surface area contributed by atoms with Gasteiger partial charge in [0.05, 0.1) is 22.8 Å². The summed E-state index contributed by atoms with van der Waals surface area (Å²) in [6, 6.07) is 11.0. The van der Waals surface area contributed by atoms with Crippen LogP contribution in [-0.4, -0.2) is 33.3 Å². The lowest BCUT2D eigenvalue weighted by atomic mass is 9.71. The molecule has 8 nitrogen and oxygen atoms in total. The minimum absolute atomic E-state index is 0.191. The number of carbonyl (C=O) groups excluding carboxylic acids is 2. The summed E-state index contributed by atoms with van der Waals surface area (Å²) >= 11 is 1.41. The van der Waals surface area contributed by atoms with Gasteiger partial charge in [0.25, 0.3) is 11.8 Å². The van der Waals surface area contributed by atoms with E-state index in [0.29, 0.717) is 16.5 Å². The first-order chi connectivity index (χ1) is 18.6. The van der Waals surface area contributed by atoms with Crippen molar-refractivity contribution in [1.82, 2.24) is 20.3 Å². The number of benzene rings is 1. The van der Waals surface area contributed by atoms with Crippen molar-refractivity contribution in [3.63, 3.8) is 0 Å². The third-order valence-electron chi connectivity index (χ3n) is 7.42. The molecule has 1 aliphatic rings. The quantitative estimate of drug-likeness (QED) is 0.307. The highest BCUT2D eigenvalue weighted by molar-refractivity contribution is 7.20. The number of anilines is 1. The normalized spacial score (nSPS) is 16.0. The maximum absolute atomic E-state index is 13.3. The molecule has 3 aromatic heterocycles. The first-order valence-electron chi connectivity index (χ1n) is 13.2. The molecule has 0 radical (unpaired) electrons. The lowest BCUT2D eigenvalue weighted by molar-refractivity contribution is 0.0941. The summed E-state index contributed by atoms with van der Waals surface area (Å²) < 4.78 is 0. The minimum Gasteiger partial charge on any atom is -0.343 e. The van der Waals surface area contributed by atoms with Crippen LogP contribution in [0.5, 0.6) is 0 Å². The fraction of sp³-hybridized carbons (Fsp3) is 0.367. The van der Waals surface area contributed by atoms with Gasteiger partial charge < -0.3 is 16.4 Å². The van der Waals surface area contributed by atoms with E-state index < -0.39 is 6.04 Å². The molecule has 0 unspecified atom stereocenters. The van der Waals surface area contributed by atoms with Crippen molar-refractivity contribution in [2.45, 2.75) is 53.0 Å². The zero-order valence-corrected chi connectivity index (χ0v) is 23.6. The van der Waals surface area contributed by atoms with Crippen molar-refractivity contribution in [2.75, 3.05) is 11.9 Å². The average molecular weight is 543 g/mol. The summed E-state index contributed by atoms with van der Waals surface area (Å²) in [5.41, 5.74) is 11.1. The van der Waals surface area contributed by atoms with Crippen LogP contribution in [0.15, 0.2) is 48.8 Å². The molecule has 0 fully saturated rings. The molecule has 2 amide bonds. The van der Waals surface area contributed by atoms with Crippen LogP contribution in [0.1, 0.15) is 75.9 Å². The van der Waals surface area contributed by atoms with Crippen LogP contribution in [0.4, 0.5) is 5.69 Å². The number of nitrogens with one attached hydrogen (secondary N) is 2. The second kappa shape index (κ2) is 10.8. The van der Waals surface area contributed by atoms with Crippen LogP contribution in [0.3, 0.4) is 0 Å². The van der Waals surface area contributed by atoms with Gasteiger partial charge in [0.15, 0.2) is 0 Å². The molecule has 4 N–H and O–H groups in total. The van der Waals surface area contributed by atoms with E-state index in [1.807, 2.05) is 31.2 Å². The van der Waals surface area contributed by atoms with Crippen molar-refractivity contribution >= 4 is 39.1 Å². The van der Waals surface area contributed by atoms with Gasteiger partial charge in [-0.05, 0) is 72.9 Å². The van der Waals surface area contributed by atoms with E-state index in [1.54, 1.807) is 12.3 Å². The highest BCUT2D eigenvalue weighted by atomic mass is 32.1. The minimum atomic E-state index is -0.424. The highest BCUT2D eigenvalue weighted by Crippen LogP contribution is 2.38. The van der Waals surface area contributed by atoms with E-state index >= 15 is 0 Å². The standard InChI is InChI=1S/C30H34N6O2S/c1-17-15-33-25(16-32-17)27(37)34-22-7-5-6-18(12-22)24(14-31)35-28(38)26-13-20-10-19-11-21(30(2,3)4)8-9-23(19)36-29(20)39-26/h5-7,10,12-13,15-16,21,24H,8-9,11,14,31H2,1-4H3,(H,34,37)(H,35,38)/t21-,24-/m1/s1. The molecule has 0 spiro atoms. The van der Waals surface area contributed by atoms with Gasteiger partial charge in [0.1, 0.15) is 10.5 Å². The Bertz CT molecular complexity index is 1520. The largest absolute Gasteiger partial charge is 0.343 e. The van der Waals surface area contributed by atoms with Gasteiger partial charge >= 0.3 is 0 Å². The van der Waals surface area contributed by atoms with E-state index in [0.717, 1.165) is 46.4 Å². The van der Waals surface area contributed by atoms with Crippen LogP contribution in [0.25, 0.3) is 10.2 Å². The molecule has 3 heterocycles. The van der Waals surface area contributed by atoms with Gasteiger partial charge in [-0.15, -0.1) is 11.3 Å². The Hall–Kier alpha value is -3.69. The number of pyridine rings is 1. The Morgan fingerprint density at radius 2 is 1.95 bits per heavy atom. The molecule has 0 bridgehead atoms. The summed E-state index contributed by atoms with van der Waals surface area (Å²) in [6.45, 7) is 8.93. The molecule has 39 heavy (non-hydrogen) atoms. The molecule has 0 aliphatic heterocycles. The third-order valence-corrected chi connectivity index (χ3v) is 8.47. The Labute approximate surface area is 232 Å². The van der Waals surface area contributed by atoms with Crippen molar-refractivity contribution in [1.29, 1.82) is 0 Å². The molecule has 4 aromatic rings. The number of aryl methyl sites for hydroxylation is 2. The smallest absolute Gasteiger partial charge is 0.275 e. The number of rotatable bonds is 6. The van der Waals surface area contributed by atoms with Crippen LogP contribution >= 0.6 is 11.3 Å². The zero-order chi connectivity index (χ0) is 27.7. The fourth-order valence-corrected chi connectivity index (χ4v) is 5.96. The van der Waals surface area contributed by atoms with Crippen LogP contribution in [0, 0.1) is 18.3 Å². The lowest BCUT2D eigenvalue weighted by Crippen LogP contribution is -2.33. The second-order valence-corrected chi connectivity index (χ2v) is 12.3. The number of amides is 2. The van der Waals surface area contributed by atoms with E-state index in [4.69, 9.17) is 10.7 Å². The van der Waals surface area contributed by atoms with E-state index in [9.17, 15) is 9.59 Å². The van der Waals surface area contributed by atoms with Crippen molar-refractivity contribution in [3.05, 3.63) is 81.9 Å². The fourth-order valence-electron chi connectivity index (χ4n) is 5.02. The molecule has 202 valence electrons. The summed E-state index contributed by atoms with van der Waals surface area (Å²) in [5.74, 6) is 0.0759. The molecular formula is C30H34N6O2S. The van der Waals surface area contributed by atoms with Gasteiger partial charge in [-0.3, -0.25) is 14.6 Å². The first kappa shape index (κ1) is 26.9. The number of thiophene rings is 1. The second-order valence-electron chi connectivity index (χ2n) is 11.3. The van der Waals surface area contributed by atoms with Gasteiger partial charge in [0.2, 0.25) is 0 Å². The zero-order valence-electron chi connectivity index (χ0n) is 22.7. The Kier molecular flexibility index (Phi) is 7.46. The van der Waals surface area contributed by atoms with Gasteiger partial charge in [-0.1, -0.05) is 32.9 Å². The molecular weight excluding hydrogens is 508 g/mol. The van der Waals surface area contributed by atoms with Crippen LogP contribution in [0.2, 0.25) is 0 Å². The number of aromatic nitrogens is 3. The summed E-state index contributed by atoms with van der Waals surface area (Å²) in [7, 11) is 0. The molecule has 1 aromatic carbocycles. The summed E-state index contributed by atoms with van der Waals surface area (Å²) in [4.78, 5) is 40.5. The number of carbonyl (C=O) groups is 2. The van der Waals surface area contributed by atoms with Crippen LogP contribution in [-0.2, 0) is 12.8 Å².